The number of H-pyrrole nitrogens is 1. The van der Waals surface area contributed by atoms with E-state index in [2.05, 4.69) is 20.1 Å². The molecule has 2 unspecified atom stereocenters. The number of ether oxygens (including phenoxy) is 1. The molecule has 2 rings (SSSR count). The SMILES string of the molecule is O=c1ccn([C@H]2O[C@@H](COBr)C(O)C2O)c(=O)[nH]1. The summed E-state index contributed by atoms with van der Waals surface area (Å²) in [6.07, 6.45) is -3.13. The van der Waals surface area contributed by atoms with Crippen molar-refractivity contribution >= 4 is 16.3 Å². The lowest BCUT2D eigenvalue weighted by Crippen LogP contribution is -2.37. The molecule has 0 saturated carbocycles. The van der Waals surface area contributed by atoms with E-state index in [1.165, 1.54) is 6.20 Å². The van der Waals surface area contributed by atoms with Crippen LogP contribution < -0.4 is 11.2 Å². The molecule has 1 aliphatic rings. The van der Waals surface area contributed by atoms with E-state index in [9.17, 15) is 19.8 Å². The van der Waals surface area contributed by atoms with Gasteiger partial charge in [-0.2, -0.15) is 0 Å². The molecule has 0 amide bonds. The van der Waals surface area contributed by atoms with E-state index in [-0.39, 0.29) is 6.61 Å². The van der Waals surface area contributed by atoms with Crippen LogP contribution in [0.3, 0.4) is 0 Å². The van der Waals surface area contributed by atoms with E-state index in [0.29, 0.717) is 0 Å². The number of hydrogen-bond acceptors (Lipinski definition) is 6. The number of aromatic amines is 1. The summed E-state index contributed by atoms with van der Waals surface area (Å²) in [5.74, 6) is 0. The van der Waals surface area contributed by atoms with Crippen LogP contribution in [0.5, 0.6) is 0 Å². The van der Waals surface area contributed by atoms with E-state index < -0.39 is 35.8 Å². The van der Waals surface area contributed by atoms with Gasteiger partial charge in [-0.1, -0.05) is 0 Å². The van der Waals surface area contributed by atoms with E-state index in [1.807, 2.05) is 4.98 Å². The fourth-order valence-electron chi connectivity index (χ4n) is 1.79. The molecular weight excluding hydrogens is 312 g/mol. The smallest absolute Gasteiger partial charge is 0.330 e. The third kappa shape index (κ3) is 2.40. The van der Waals surface area contributed by atoms with Gasteiger partial charge in [-0.05, 0) is 0 Å². The molecule has 1 aromatic rings. The van der Waals surface area contributed by atoms with Crippen molar-refractivity contribution in [2.75, 3.05) is 6.61 Å². The molecule has 3 N–H and O–H groups in total. The highest BCUT2D eigenvalue weighted by Crippen LogP contribution is 2.28. The van der Waals surface area contributed by atoms with Crippen LogP contribution in [0.4, 0.5) is 0 Å². The van der Waals surface area contributed by atoms with Crippen molar-refractivity contribution in [3.63, 3.8) is 0 Å². The predicted octanol–water partition coefficient (Wildman–Crippen LogP) is -1.52. The summed E-state index contributed by atoms with van der Waals surface area (Å²) in [5.41, 5.74) is -1.27. The fraction of sp³-hybridized carbons (Fsp3) is 0.556. The van der Waals surface area contributed by atoms with Gasteiger partial charge in [-0.3, -0.25) is 14.3 Å². The minimum atomic E-state index is -1.29. The molecule has 1 saturated heterocycles. The zero-order valence-electron chi connectivity index (χ0n) is 9.02. The Balaban J connectivity index is 2.29. The second kappa shape index (κ2) is 5.33. The molecule has 9 heteroatoms. The Labute approximate surface area is 109 Å². The summed E-state index contributed by atoms with van der Waals surface area (Å²) in [4.78, 5) is 24.5. The summed E-state index contributed by atoms with van der Waals surface area (Å²) in [7, 11) is 0. The van der Waals surface area contributed by atoms with Crippen LogP contribution >= 0.6 is 16.3 Å². The van der Waals surface area contributed by atoms with E-state index >= 15 is 0 Å². The third-order valence-corrected chi connectivity index (χ3v) is 2.95. The first kappa shape index (κ1) is 13.4. The molecule has 4 atom stereocenters. The molecule has 2 heterocycles. The van der Waals surface area contributed by atoms with E-state index in [4.69, 9.17) is 4.74 Å². The molecular formula is C9H11BrN2O6. The summed E-state index contributed by atoms with van der Waals surface area (Å²) in [6, 6.07) is 1.12. The first-order valence-electron chi connectivity index (χ1n) is 5.11. The van der Waals surface area contributed by atoms with Gasteiger partial charge >= 0.3 is 5.69 Å². The average molecular weight is 323 g/mol. The molecule has 1 aliphatic heterocycles. The molecule has 0 radical (unpaired) electrons. The van der Waals surface area contributed by atoms with Crippen LogP contribution in [0, 0.1) is 0 Å². The van der Waals surface area contributed by atoms with E-state index in [0.717, 1.165) is 10.6 Å². The van der Waals surface area contributed by atoms with Crippen molar-refractivity contribution in [2.24, 2.45) is 0 Å². The largest absolute Gasteiger partial charge is 0.387 e. The van der Waals surface area contributed by atoms with Crippen LogP contribution in [0.15, 0.2) is 21.9 Å². The molecule has 0 spiro atoms. The summed E-state index contributed by atoms with van der Waals surface area (Å²) >= 11 is 2.72. The highest BCUT2D eigenvalue weighted by Gasteiger charge is 2.44. The Morgan fingerprint density at radius 3 is 2.78 bits per heavy atom. The Hall–Kier alpha value is -1.00. The standard InChI is InChI=1S/C9H11BrN2O6/c10-17-3-4-6(14)7(15)8(18-4)12-2-1-5(13)11-9(12)16/h1-2,4,6-8,14-15H,3H2,(H,11,13,16)/t4-,6?,7?,8-/m0/s1. The second-order valence-corrected chi connectivity index (χ2v) is 4.30. The minimum Gasteiger partial charge on any atom is -0.387 e. The Kier molecular flexibility index (Phi) is 3.97. The van der Waals surface area contributed by atoms with Crippen LogP contribution in [-0.2, 0) is 8.57 Å². The van der Waals surface area contributed by atoms with Crippen LogP contribution in [0.1, 0.15) is 6.23 Å². The van der Waals surface area contributed by atoms with Crippen molar-refractivity contribution in [2.45, 2.75) is 24.5 Å². The molecule has 18 heavy (non-hydrogen) atoms. The van der Waals surface area contributed by atoms with Crippen molar-refractivity contribution < 1.29 is 18.8 Å². The highest BCUT2D eigenvalue weighted by molar-refractivity contribution is 9.06. The number of hydrogen-bond donors (Lipinski definition) is 3. The molecule has 0 aliphatic carbocycles. The number of aromatic nitrogens is 2. The van der Waals surface area contributed by atoms with Crippen molar-refractivity contribution in [3.8, 4) is 0 Å². The normalized spacial score (nSPS) is 31.7. The number of rotatable bonds is 3. The third-order valence-electron chi connectivity index (χ3n) is 2.69. The molecule has 0 aromatic carbocycles. The summed E-state index contributed by atoms with van der Waals surface area (Å²) in [5, 5.41) is 19.5. The maximum atomic E-state index is 11.5. The summed E-state index contributed by atoms with van der Waals surface area (Å²) in [6.45, 7) is 0.00678. The van der Waals surface area contributed by atoms with Gasteiger partial charge in [0.2, 0.25) is 0 Å². The van der Waals surface area contributed by atoms with Gasteiger partial charge in [0.05, 0.1) is 22.9 Å². The fourth-order valence-corrected chi connectivity index (χ4v) is 2.05. The van der Waals surface area contributed by atoms with Crippen molar-refractivity contribution in [1.29, 1.82) is 0 Å². The lowest BCUT2D eigenvalue weighted by atomic mass is 10.1. The average Bonchev–Trinajstić information content (AvgIpc) is 2.58. The quantitative estimate of drug-likeness (QED) is 0.623. The predicted molar refractivity (Wildman–Crippen MR) is 62.1 cm³/mol. The monoisotopic (exact) mass is 322 g/mol. The van der Waals surface area contributed by atoms with Gasteiger partial charge in [-0.15, -0.1) is 0 Å². The maximum Gasteiger partial charge on any atom is 0.330 e. The lowest BCUT2D eigenvalue weighted by molar-refractivity contribution is -0.0488. The van der Waals surface area contributed by atoms with Gasteiger partial charge in [0.1, 0.15) is 18.3 Å². The van der Waals surface area contributed by atoms with Gasteiger partial charge in [0.15, 0.2) is 6.23 Å². The summed E-state index contributed by atoms with van der Waals surface area (Å²) < 4.78 is 11.0. The highest BCUT2D eigenvalue weighted by atomic mass is 79.9. The van der Waals surface area contributed by atoms with Crippen molar-refractivity contribution in [1.82, 2.24) is 9.55 Å². The number of aliphatic hydroxyl groups is 2. The van der Waals surface area contributed by atoms with Gasteiger partial charge in [-0.25, -0.2) is 4.79 Å². The first-order chi connectivity index (χ1) is 8.54. The molecule has 8 nitrogen and oxygen atoms in total. The van der Waals surface area contributed by atoms with E-state index in [1.54, 1.807) is 0 Å². The zero-order valence-corrected chi connectivity index (χ0v) is 10.6. The Bertz CT molecular complexity index is 528. The number of nitrogens with zero attached hydrogens (tertiary/aromatic N) is 1. The minimum absolute atomic E-state index is 0.00678. The van der Waals surface area contributed by atoms with Gasteiger partial charge < -0.3 is 18.8 Å². The lowest BCUT2D eigenvalue weighted by Gasteiger charge is -2.16. The second-order valence-electron chi connectivity index (χ2n) is 3.84. The van der Waals surface area contributed by atoms with Gasteiger partial charge in [0, 0.05) is 12.3 Å². The zero-order chi connectivity index (χ0) is 13.3. The topological polar surface area (TPSA) is 114 Å². The first-order valence-corrected chi connectivity index (χ1v) is 5.76. The molecule has 0 bridgehead atoms. The molecule has 1 aromatic heterocycles. The van der Waals surface area contributed by atoms with Crippen LogP contribution in [0.25, 0.3) is 0 Å². The van der Waals surface area contributed by atoms with Crippen molar-refractivity contribution in [3.05, 3.63) is 33.1 Å². The Morgan fingerprint density at radius 1 is 1.44 bits per heavy atom. The van der Waals surface area contributed by atoms with Crippen LogP contribution in [-0.4, -0.2) is 44.7 Å². The number of nitrogens with one attached hydrogen (secondary N) is 1. The molecule has 1 fully saturated rings. The van der Waals surface area contributed by atoms with Crippen LogP contribution in [0.2, 0.25) is 0 Å². The van der Waals surface area contributed by atoms with Gasteiger partial charge in [0.25, 0.3) is 5.56 Å². The molecule has 100 valence electrons. The number of halogens is 1. The number of aliphatic hydroxyl groups excluding tert-OH is 2. The Morgan fingerprint density at radius 2 is 2.17 bits per heavy atom. The maximum absolute atomic E-state index is 11.5.